The maximum Gasteiger partial charge on any atom is 0.446 e. The molecule has 10 nitrogen and oxygen atoms in total. The first kappa shape index (κ1) is 17.6. The third-order valence-corrected chi connectivity index (χ3v) is 4.80. The van der Waals surface area contributed by atoms with Crippen molar-refractivity contribution in [1.29, 1.82) is 0 Å². The van der Waals surface area contributed by atoms with Crippen molar-refractivity contribution in [2.75, 3.05) is 0 Å². The van der Waals surface area contributed by atoms with Crippen molar-refractivity contribution < 1.29 is 43.1 Å². The summed E-state index contributed by atoms with van der Waals surface area (Å²) < 4.78 is 98.6. The third kappa shape index (κ3) is 3.77. The van der Waals surface area contributed by atoms with Gasteiger partial charge in [0.2, 0.25) is 0 Å². The van der Waals surface area contributed by atoms with Gasteiger partial charge in [-0.25, -0.2) is 0 Å². The monoisotopic (exact) mass is 384 g/mol. The van der Waals surface area contributed by atoms with Crippen LogP contribution in [0.25, 0.3) is 10.8 Å². The van der Waals surface area contributed by atoms with Crippen molar-refractivity contribution >= 4 is 41.4 Å². The van der Waals surface area contributed by atoms with Gasteiger partial charge < -0.3 is 4.18 Å². The molecule has 0 aromatic heterocycles. The summed E-state index contributed by atoms with van der Waals surface area (Å²) in [6.45, 7) is 0. The minimum atomic E-state index is -5.19. The highest BCUT2D eigenvalue weighted by Gasteiger charge is 2.28. The summed E-state index contributed by atoms with van der Waals surface area (Å²) in [4.78, 5) is -2.16. The molecule has 0 amide bonds. The molecule has 2 aromatic carbocycles. The number of rotatable bonds is 4. The van der Waals surface area contributed by atoms with E-state index in [1.807, 2.05) is 0 Å². The first-order valence-electron chi connectivity index (χ1n) is 5.48. The highest BCUT2D eigenvalue weighted by atomic mass is 32.3. The molecule has 0 saturated carbocycles. The molecule has 0 heterocycles. The molecule has 0 saturated heterocycles. The van der Waals surface area contributed by atoms with Gasteiger partial charge in [0.25, 0.3) is 20.2 Å². The van der Waals surface area contributed by atoms with Crippen LogP contribution >= 0.6 is 0 Å². The van der Waals surface area contributed by atoms with E-state index in [0.717, 1.165) is 12.1 Å². The second kappa shape index (κ2) is 5.40. The molecule has 2 aromatic rings. The van der Waals surface area contributed by atoms with E-state index in [2.05, 4.69) is 4.18 Å². The zero-order chi connectivity index (χ0) is 17.6. The van der Waals surface area contributed by atoms with Crippen LogP contribution in [0.4, 0.5) is 0 Å². The maximum absolute atomic E-state index is 11.4. The van der Waals surface area contributed by atoms with Crippen molar-refractivity contribution in [1.82, 2.24) is 0 Å². The van der Waals surface area contributed by atoms with Crippen LogP contribution in [0, 0.1) is 0 Å². The Morgan fingerprint density at radius 1 is 0.739 bits per heavy atom. The van der Waals surface area contributed by atoms with Crippen LogP contribution in [0.5, 0.6) is 5.75 Å². The fraction of sp³-hybridized carbons (Fsp3) is 0. The molecule has 0 radical (unpaired) electrons. The van der Waals surface area contributed by atoms with Crippen LogP contribution in [0.3, 0.4) is 0 Å². The van der Waals surface area contributed by atoms with Gasteiger partial charge in [0, 0.05) is 10.8 Å². The molecular weight excluding hydrogens is 376 g/mol. The van der Waals surface area contributed by atoms with E-state index in [1.54, 1.807) is 0 Å². The first-order chi connectivity index (χ1) is 10.3. The van der Waals surface area contributed by atoms with Crippen molar-refractivity contribution in [3.8, 4) is 5.75 Å². The third-order valence-electron chi connectivity index (χ3n) is 2.67. The van der Waals surface area contributed by atoms with E-state index in [0.29, 0.717) is 6.07 Å². The predicted molar refractivity (Wildman–Crippen MR) is 75.8 cm³/mol. The molecule has 2 rings (SSSR count). The summed E-state index contributed by atoms with van der Waals surface area (Å²) in [5, 5.41) is -0.686. The molecule has 0 spiro atoms. The van der Waals surface area contributed by atoms with Crippen LogP contribution in [-0.2, 0) is 30.6 Å². The summed E-state index contributed by atoms with van der Waals surface area (Å²) in [6.07, 6.45) is 0. The topological polar surface area (TPSA) is 172 Å². The Kier molecular flexibility index (Phi) is 4.13. The molecular formula is C10H8O10S3. The molecule has 23 heavy (non-hydrogen) atoms. The van der Waals surface area contributed by atoms with Gasteiger partial charge in [-0.3, -0.25) is 13.7 Å². The van der Waals surface area contributed by atoms with E-state index in [-0.39, 0.29) is 5.39 Å². The summed E-state index contributed by atoms with van der Waals surface area (Å²) in [5.74, 6) is -1.02. The Bertz CT molecular complexity index is 1100. The van der Waals surface area contributed by atoms with Crippen molar-refractivity contribution in [2.24, 2.45) is 0 Å². The van der Waals surface area contributed by atoms with Gasteiger partial charge in [0.05, 0.1) is 0 Å². The lowest BCUT2D eigenvalue weighted by molar-refractivity contribution is 0.383. The Hall–Kier alpha value is -1.77. The first-order valence-corrected chi connectivity index (χ1v) is 9.73. The molecule has 0 bridgehead atoms. The largest absolute Gasteiger partial charge is 0.446 e. The molecule has 0 unspecified atom stereocenters. The Balaban J connectivity index is 3.11. The lowest BCUT2D eigenvalue weighted by atomic mass is 10.1. The fourth-order valence-corrected chi connectivity index (χ4v) is 3.78. The van der Waals surface area contributed by atoms with Gasteiger partial charge in [0.1, 0.15) is 9.79 Å². The lowest BCUT2D eigenvalue weighted by Crippen LogP contribution is -2.12. The van der Waals surface area contributed by atoms with E-state index >= 15 is 0 Å². The van der Waals surface area contributed by atoms with Crippen molar-refractivity contribution in [2.45, 2.75) is 9.79 Å². The molecule has 0 aliphatic heterocycles. The second-order valence-corrected chi connectivity index (χ2v) is 8.01. The highest BCUT2D eigenvalue weighted by Crippen LogP contribution is 2.37. The van der Waals surface area contributed by atoms with Gasteiger partial charge in [-0.05, 0) is 6.07 Å². The van der Waals surface area contributed by atoms with Gasteiger partial charge in [0.15, 0.2) is 5.75 Å². The van der Waals surface area contributed by atoms with Gasteiger partial charge in [-0.2, -0.15) is 25.3 Å². The Labute approximate surface area is 130 Å². The van der Waals surface area contributed by atoms with Crippen LogP contribution in [-0.4, -0.2) is 38.9 Å². The molecule has 0 aliphatic rings. The standard InChI is InChI=1S/C10H8O10S3/c11-21(12,13)8-5-9(22(14,15)16)10(20-23(17,18)19)7-4-2-1-3-6(7)8/h1-5H,(H,11,12,13)(H,14,15,16)(H,17,18,19). The average Bonchev–Trinajstić information content (AvgIpc) is 2.34. The van der Waals surface area contributed by atoms with E-state index in [9.17, 15) is 29.8 Å². The summed E-state index contributed by atoms with van der Waals surface area (Å²) in [7, 11) is -15.3. The molecule has 0 aliphatic carbocycles. The second-order valence-electron chi connectivity index (χ2n) is 4.21. The summed E-state index contributed by atoms with van der Waals surface area (Å²) >= 11 is 0. The van der Waals surface area contributed by atoms with Crippen LogP contribution in [0.15, 0.2) is 40.1 Å². The number of hydrogen-bond acceptors (Lipinski definition) is 7. The minimum absolute atomic E-state index is 0.291. The van der Waals surface area contributed by atoms with E-state index in [1.165, 1.54) is 12.1 Å². The number of fused-ring (bicyclic) bond motifs is 1. The molecule has 3 N–H and O–H groups in total. The number of hydrogen-bond donors (Lipinski definition) is 3. The molecule has 0 fully saturated rings. The maximum atomic E-state index is 11.4. The van der Waals surface area contributed by atoms with Gasteiger partial charge in [-0.1, -0.05) is 24.3 Å². The predicted octanol–water partition coefficient (Wildman–Crippen LogP) is 0.515. The van der Waals surface area contributed by atoms with Crippen LogP contribution < -0.4 is 4.18 Å². The van der Waals surface area contributed by atoms with Crippen LogP contribution in [0.2, 0.25) is 0 Å². The highest BCUT2D eigenvalue weighted by molar-refractivity contribution is 7.87. The zero-order valence-electron chi connectivity index (χ0n) is 10.8. The van der Waals surface area contributed by atoms with Crippen molar-refractivity contribution in [3.63, 3.8) is 0 Å². The molecule has 126 valence electrons. The van der Waals surface area contributed by atoms with Gasteiger partial charge in [-0.15, -0.1) is 0 Å². The fourth-order valence-electron chi connectivity index (χ4n) is 1.89. The summed E-state index contributed by atoms with van der Waals surface area (Å²) in [6, 6.07) is 5.11. The number of benzene rings is 2. The van der Waals surface area contributed by atoms with E-state index < -0.39 is 51.6 Å². The smallest absolute Gasteiger partial charge is 0.360 e. The van der Waals surface area contributed by atoms with E-state index in [4.69, 9.17) is 9.11 Å². The normalized spacial score (nSPS) is 13.2. The van der Waals surface area contributed by atoms with Crippen LogP contribution in [0.1, 0.15) is 0 Å². The SMILES string of the molecule is O=S(=O)(O)Oc1c(S(=O)(=O)O)cc(S(=O)(=O)O)c2ccccc12. The zero-order valence-corrected chi connectivity index (χ0v) is 13.3. The van der Waals surface area contributed by atoms with Crippen molar-refractivity contribution in [3.05, 3.63) is 30.3 Å². The molecule has 13 heteroatoms. The Morgan fingerprint density at radius 3 is 1.65 bits per heavy atom. The lowest BCUT2D eigenvalue weighted by Gasteiger charge is -2.12. The molecule has 0 atom stereocenters. The Morgan fingerprint density at radius 2 is 1.22 bits per heavy atom. The quantitative estimate of drug-likeness (QED) is 0.630. The van der Waals surface area contributed by atoms with Gasteiger partial charge >= 0.3 is 10.4 Å². The minimum Gasteiger partial charge on any atom is -0.360 e. The average molecular weight is 384 g/mol. The summed E-state index contributed by atoms with van der Waals surface area (Å²) in [5.41, 5.74) is 0.